The number of rotatable bonds is 8. The van der Waals surface area contributed by atoms with Gasteiger partial charge in [-0.1, -0.05) is 6.08 Å². The summed E-state index contributed by atoms with van der Waals surface area (Å²) in [4.78, 5) is 24.2. The van der Waals surface area contributed by atoms with Crippen molar-refractivity contribution in [2.75, 3.05) is 13.2 Å². The van der Waals surface area contributed by atoms with Gasteiger partial charge < -0.3 is 9.55 Å². The highest BCUT2D eigenvalue weighted by Gasteiger charge is 2.46. The molecule has 3 rings (SSSR count). The predicted octanol–water partition coefficient (Wildman–Crippen LogP) is 1.79. The molecular formula is C14H16BN4O3S. The molecule has 3 heterocycles. The highest BCUT2D eigenvalue weighted by molar-refractivity contribution is 7.10. The van der Waals surface area contributed by atoms with E-state index in [0.29, 0.717) is 12.9 Å². The minimum absolute atomic E-state index is 0.138. The molecule has 119 valence electrons. The number of carbonyl (C=O) groups is 1. The van der Waals surface area contributed by atoms with Crippen LogP contribution in [0.2, 0.25) is 6.32 Å². The van der Waals surface area contributed by atoms with E-state index in [2.05, 4.69) is 11.6 Å². The Morgan fingerprint density at radius 1 is 1.61 bits per heavy atom. The van der Waals surface area contributed by atoms with Crippen molar-refractivity contribution in [1.29, 1.82) is 5.41 Å². The highest BCUT2D eigenvalue weighted by Crippen LogP contribution is 2.36. The van der Waals surface area contributed by atoms with E-state index >= 15 is 0 Å². The fraction of sp³-hybridized carbons (Fsp3) is 0.357. The van der Waals surface area contributed by atoms with E-state index in [1.807, 2.05) is 11.5 Å². The molecule has 0 aliphatic carbocycles. The average Bonchev–Trinajstić information content (AvgIpc) is 3.17. The van der Waals surface area contributed by atoms with Crippen molar-refractivity contribution in [2.24, 2.45) is 0 Å². The average molecular weight is 331 g/mol. The molecule has 1 aromatic heterocycles. The molecule has 2 aliphatic rings. The molecular weight excluding hydrogens is 315 g/mol. The van der Waals surface area contributed by atoms with Gasteiger partial charge in [0.1, 0.15) is 11.4 Å². The van der Waals surface area contributed by atoms with E-state index in [-0.39, 0.29) is 24.7 Å². The van der Waals surface area contributed by atoms with E-state index in [0.717, 1.165) is 17.0 Å². The minimum Gasteiger partial charge on any atom is -0.556 e. The Hall–Kier alpha value is -2.13. The molecule has 2 aliphatic heterocycles. The largest absolute Gasteiger partial charge is 0.556 e. The van der Waals surface area contributed by atoms with Crippen molar-refractivity contribution in [3.05, 3.63) is 35.3 Å². The third-order valence-electron chi connectivity index (χ3n) is 3.72. The maximum atomic E-state index is 12.6. The maximum Gasteiger partial charge on any atom is 0.373 e. The van der Waals surface area contributed by atoms with Gasteiger partial charge in [0.2, 0.25) is 0 Å². The summed E-state index contributed by atoms with van der Waals surface area (Å²) in [6, 6.07) is -0.489. The number of nitrogens with one attached hydrogen (secondary N) is 1. The van der Waals surface area contributed by atoms with E-state index < -0.39 is 0 Å². The standard InChI is InChI=1S/C14H16BN4O3S/c1-2-4-22-19-10-6-11(13-17-3-5-23-13)12(7-15-21-9-16)18(8-10)14(19)20/h2-3,5-6,9-10,12,16H,1,4,7-8H2/t10-,12-/m1/s1. The molecule has 9 heteroatoms. The minimum atomic E-state index is -0.179. The van der Waals surface area contributed by atoms with Crippen LogP contribution in [-0.2, 0) is 9.49 Å². The van der Waals surface area contributed by atoms with E-state index in [9.17, 15) is 4.79 Å². The molecule has 2 amide bonds. The molecule has 2 atom stereocenters. The van der Waals surface area contributed by atoms with Crippen LogP contribution < -0.4 is 0 Å². The van der Waals surface area contributed by atoms with Crippen molar-refractivity contribution in [3.8, 4) is 0 Å². The number of thiazole rings is 1. The van der Waals surface area contributed by atoms with E-state index in [1.54, 1.807) is 17.2 Å². The number of urea groups is 1. The number of hydroxylamine groups is 2. The van der Waals surface area contributed by atoms with Crippen LogP contribution >= 0.6 is 11.3 Å². The Kier molecular flexibility index (Phi) is 4.77. The second kappa shape index (κ2) is 6.97. The number of aromatic nitrogens is 1. The molecule has 1 radical (unpaired) electrons. The number of hydrogen-bond donors (Lipinski definition) is 1. The van der Waals surface area contributed by atoms with Crippen LogP contribution in [0.4, 0.5) is 4.79 Å². The molecule has 2 bridgehead atoms. The zero-order valence-electron chi connectivity index (χ0n) is 12.4. The molecule has 1 fully saturated rings. The Bertz CT molecular complexity index is 622. The first-order chi connectivity index (χ1) is 11.3. The normalized spacial score (nSPS) is 22.8. The van der Waals surface area contributed by atoms with Crippen LogP contribution in [0.25, 0.3) is 5.57 Å². The van der Waals surface area contributed by atoms with Gasteiger partial charge in [0.15, 0.2) is 0 Å². The molecule has 1 saturated heterocycles. The van der Waals surface area contributed by atoms with Gasteiger partial charge in [-0.25, -0.2) is 9.78 Å². The molecule has 0 aromatic carbocycles. The van der Waals surface area contributed by atoms with Gasteiger partial charge in [-0.3, -0.25) is 10.2 Å². The predicted molar refractivity (Wildman–Crippen MR) is 88.2 cm³/mol. The summed E-state index contributed by atoms with van der Waals surface area (Å²) < 4.78 is 4.91. The summed E-state index contributed by atoms with van der Waals surface area (Å²) >= 11 is 1.53. The SMILES string of the molecule is C=CCON1C(=O)N2C[C@H]1C=C(c1nccs1)[C@H]2C[B]OC=N. The van der Waals surface area contributed by atoms with Crippen molar-refractivity contribution in [3.63, 3.8) is 0 Å². The zero-order chi connectivity index (χ0) is 16.2. The Morgan fingerprint density at radius 2 is 2.48 bits per heavy atom. The fourth-order valence-electron chi connectivity index (χ4n) is 2.80. The van der Waals surface area contributed by atoms with Crippen LogP contribution in [0.3, 0.4) is 0 Å². The van der Waals surface area contributed by atoms with Gasteiger partial charge in [-0.2, -0.15) is 5.06 Å². The van der Waals surface area contributed by atoms with Crippen molar-refractivity contribution in [1.82, 2.24) is 14.9 Å². The van der Waals surface area contributed by atoms with Crippen LogP contribution in [0.15, 0.2) is 30.3 Å². The lowest BCUT2D eigenvalue weighted by atomic mass is 9.83. The van der Waals surface area contributed by atoms with Crippen LogP contribution in [-0.4, -0.2) is 60.1 Å². The number of fused-ring (bicyclic) bond motifs is 2. The first kappa shape index (κ1) is 15.8. The third kappa shape index (κ3) is 3.02. The Morgan fingerprint density at radius 3 is 3.17 bits per heavy atom. The summed E-state index contributed by atoms with van der Waals surface area (Å²) in [6.45, 7) is 4.45. The number of hydrogen-bond acceptors (Lipinski definition) is 6. The summed E-state index contributed by atoms with van der Waals surface area (Å²) in [5.74, 6) is 0. The highest BCUT2D eigenvalue weighted by atomic mass is 32.1. The topological polar surface area (TPSA) is 78.8 Å². The smallest absolute Gasteiger partial charge is 0.373 e. The Labute approximate surface area is 138 Å². The van der Waals surface area contributed by atoms with Gasteiger partial charge in [0, 0.05) is 23.7 Å². The quantitative estimate of drug-likeness (QED) is 0.259. The Balaban J connectivity index is 1.87. The second-order valence-corrected chi connectivity index (χ2v) is 5.94. The molecule has 1 aromatic rings. The summed E-state index contributed by atoms with van der Waals surface area (Å²) in [5.41, 5.74) is 0.985. The van der Waals surface area contributed by atoms with Gasteiger partial charge >= 0.3 is 13.5 Å². The first-order valence-corrected chi connectivity index (χ1v) is 8.05. The van der Waals surface area contributed by atoms with Gasteiger partial charge in [-0.15, -0.1) is 17.9 Å². The zero-order valence-corrected chi connectivity index (χ0v) is 13.2. The third-order valence-corrected chi connectivity index (χ3v) is 4.54. The molecule has 0 saturated carbocycles. The molecule has 0 unspecified atom stereocenters. The van der Waals surface area contributed by atoms with Crippen molar-refractivity contribution in [2.45, 2.75) is 18.4 Å². The van der Waals surface area contributed by atoms with Gasteiger partial charge in [0.25, 0.3) is 0 Å². The van der Waals surface area contributed by atoms with Crippen LogP contribution in [0.5, 0.6) is 0 Å². The van der Waals surface area contributed by atoms with Crippen molar-refractivity contribution < 1.29 is 14.3 Å². The molecule has 23 heavy (non-hydrogen) atoms. The fourth-order valence-corrected chi connectivity index (χ4v) is 3.51. The lowest BCUT2D eigenvalue weighted by Crippen LogP contribution is -2.41. The van der Waals surface area contributed by atoms with Gasteiger partial charge in [-0.05, 0) is 12.4 Å². The summed E-state index contributed by atoms with van der Waals surface area (Å²) in [5, 5.41) is 11.1. The molecule has 0 spiro atoms. The van der Waals surface area contributed by atoms with E-state index in [4.69, 9.17) is 14.9 Å². The lowest BCUT2D eigenvalue weighted by molar-refractivity contribution is -0.107. The van der Waals surface area contributed by atoms with Crippen LogP contribution in [0, 0.1) is 5.41 Å². The number of nitrogens with zero attached hydrogens (tertiary/aromatic N) is 3. The van der Waals surface area contributed by atoms with Crippen LogP contribution in [0.1, 0.15) is 5.01 Å². The second-order valence-electron chi connectivity index (χ2n) is 5.04. The summed E-state index contributed by atoms with van der Waals surface area (Å²) in [6.07, 6.45) is 6.74. The maximum absolute atomic E-state index is 12.6. The number of carbonyl (C=O) groups excluding carboxylic acids is 1. The van der Waals surface area contributed by atoms with E-state index in [1.165, 1.54) is 23.9 Å². The molecule has 1 N–H and O–H groups in total. The summed E-state index contributed by atoms with van der Waals surface area (Å²) in [7, 11) is 1.53. The van der Waals surface area contributed by atoms with Crippen molar-refractivity contribution >= 4 is 36.8 Å². The molecule has 7 nitrogen and oxygen atoms in total. The monoisotopic (exact) mass is 331 g/mol. The lowest BCUT2D eigenvalue weighted by Gasteiger charge is -2.30. The number of amides is 2. The first-order valence-electron chi connectivity index (χ1n) is 7.17. The van der Waals surface area contributed by atoms with Gasteiger partial charge in [0.05, 0.1) is 18.7 Å².